The van der Waals surface area contributed by atoms with Gasteiger partial charge >= 0.3 is 12.1 Å². The summed E-state index contributed by atoms with van der Waals surface area (Å²) < 4.78 is 38.0. The van der Waals surface area contributed by atoms with Crippen LogP contribution in [0, 0.1) is 11.8 Å². The number of aliphatic carboxylic acids is 1. The van der Waals surface area contributed by atoms with Crippen LogP contribution in [-0.4, -0.2) is 23.5 Å². The number of hydrogen-bond acceptors (Lipinski definition) is 2. The Bertz CT molecular complexity index is 645. The molecule has 2 rings (SSSR count). The summed E-state index contributed by atoms with van der Waals surface area (Å²) in [5.74, 6) is -1.50. The van der Waals surface area contributed by atoms with Crippen molar-refractivity contribution in [1.82, 2.24) is 5.32 Å². The predicted molar refractivity (Wildman–Crippen MR) is 90.6 cm³/mol. The number of rotatable bonds is 5. The summed E-state index contributed by atoms with van der Waals surface area (Å²) in [5, 5.41) is 11.9. The van der Waals surface area contributed by atoms with Gasteiger partial charge in [0.25, 0.3) is 0 Å². The van der Waals surface area contributed by atoms with Crippen molar-refractivity contribution in [2.24, 2.45) is 11.8 Å². The molecule has 0 spiro atoms. The minimum atomic E-state index is -4.37. The zero-order valence-corrected chi connectivity index (χ0v) is 14.9. The summed E-state index contributed by atoms with van der Waals surface area (Å²) in [6, 6.07) is 4.97. The van der Waals surface area contributed by atoms with E-state index in [0.717, 1.165) is 12.1 Å². The van der Waals surface area contributed by atoms with Crippen LogP contribution >= 0.6 is 0 Å². The molecule has 0 heterocycles. The second kappa shape index (κ2) is 7.68. The number of amides is 1. The van der Waals surface area contributed by atoms with Crippen molar-refractivity contribution in [2.45, 2.75) is 51.1 Å². The molecule has 7 heteroatoms. The lowest BCUT2D eigenvalue weighted by Crippen LogP contribution is -2.41. The summed E-state index contributed by atoms with van der Waals surface area (Å²) in [7, 11) is 0. The third-order valence-electron chi connectivity index (χ3n) is 5.15. The molecule has 1 aromatic rings. The van der Waals surface area contributed by atoms with Crippen molar-refractivity contribution in [3.63, 3.8) is 0 Å². The Morgan fingerprint density at radius 1 is 1.00 bits per heavy atom. The fraction of sp³-hybridized carbons (Fsp3) is 0.579. The molecule has 0 bridgehead atoms. The molecule has 0 atom stereocenters. The van der Waals surface area contributed by atoms with Gasteiger partial charge in [-0.2, -0.15) is 13.2 Å². The molecule has 0 saturated heterocycles. The third-order valence-corrected chi connectivity index (χ3v) is 5.15. The van der Waals surface area contributed by atoms with Crippen molar-refractivity contribution < 1.29 is 27.9 Å². The average molecular weight is 371 g/mol. The summed E-state index contributed by atoms with van der Waals surface area (Å²) in [6.45, 7) is 4.02. The number of carboxylic acid groups (broad SMARTS) is 1. The molecule has 1 aromatic carbocycles. The minimum absolute atomic E-state index is 0.117. The van der Waals surface area contributed by atoms with Gasteiger partial charge in [-0.25, -0.2) is 0 Å². The molecule has 1 fully saturated rings. The van der Waals surface area contributed by atoms with Crippen molar-refractivity contribution in [2.75, 3.05) is 6.54 Å². The maximum Gasteiger partial charge on any atom is 0.416 e. The van der Waals surface area contributed by atoms with Gasteiger partial charge in [-0.3, -0.25) is 9.59 Å². The van der Waals surface area contributed by atoms with E-state index in [1.54, 1.807) is 0 Å². The van der Waals surface area contributed by atoms with Gasteiger partial charge < -0.3 is 10.4 Å². The van der Waals surface area contributed by atoms with Gasteiger partial charge in [0.05, 0.1) is 11.5 Å². The number of carbonyl (C=O) groups excluding carboxylic acids is 1. The molecule has 144 valence electrons. The standard InChI is InChI=1S/C19H24F3NO3/c1-18(2,14-7-9-15(10-8-14)19(20,21)22)11-23-16(24)12-3-5-13(6-4-12)17(25)26/h7-10,12-13H,3-6,11H2,1-2H3,(H,23,24)(H,25,26). The highest BCUT2D eigenvalue weighted by Crippen LogP contribution is 2.32. The molecule has 0 unspecified atom stereocenters. The topological polar surface area (TPSA) is 66.4 Å². The summed E-state index contributed by atoms with van der Waals surface area (Å²) >= 11 is 0. The van der Waals surface area contributed by atoms with Gasteiger partial charge in [0.1, 0.15) is 0 Å². The molecule has 4 nitrogen and oxygen atoms in total. The quantitative estimate of drug-likeness (QED) is 0.822. The monoisotopic (exact) mass is 371 g/mol. The Morgan fingerprint density at radius 3 is 1.92 bits per heavy atom. The lowest BCUT2D eigenvalue weighted by atomic mass is 9.81. The Hall–Kier alpha value is -2.05. The van der Waals surface area contributed by atoms with Crippen molar-refractivity contribution in [3.05, 3.63) is 35.4 Å². The Balaban J connectivity index is 1.91. The zero-order chi connectivity index (χ0) is 19.5. The molecule has 2 N–H and O–H groups in total. The molecule has 26 heavy (non-hydrogen) atoms. The first-order valence-electron chi connectivity index (χ1n) is 8.69. The van der Waals surface area contributed by atoms with Gasteiger partial charge in [-0.1, -0.05) is 26.0 Å². The van der Waals surface area contributed by atoms with E-state index in [1.165, 1.54) is 12.1 Å². The first-order valence-corrected chi connectivity index (χ1v) is 8.69. The van der Waals surface area contributed by atoms with E-state index >= 15 is 0 Å². The predicted octanol–water partition coefficient (Wildman–Crippen LogP) is 3.99. The zero-order valence-electron chi connectivity index (χ0n) is 14.9. The van der Waals surface area contributed by atoms with E-state index in [0.29, 0.717) is 37.8 Å². The van der Waals surface area contributed by atoms with Crippen LogP contribution in [0.2, 0.25) is 0 Å². The highest BCUT2D eigenvalue weighted by Gasteiger charge is 2.32. The van der Waals surface area contributed by atoms with Crippen LogP contribution in [0.5, 0.6) is 0 Å². The number of hydrogen-bond donors (Lipinski definition) is 2. The van der Waals surface area contributed by atoms with Crippen molar-refractivity contribution in [1.29, 1.82) is 0 Å². The van der Waals surface area contributed by atoms with E-state index in [1.807, 2.05) is 13.8 Å². The van der Waals surface area contributed by atoms with Crippen LogP contribution < -0.4 is 5.32 Å². The largest absolute Gasteiger partial charge is 0.481 e. The van der Waals surface area contributed by atoms with Crippen LogP contribution in [0.4, 0.5) is 13.2 Å². The van der Waals surface area contributed by atoms with Gasteiger partial charge in [-0.15, -0.1) is 0 Å². The van der Waals surface area contributed by atoms with E-state index in [2.05, 4.69) is 5.32 Å². The third kappa shape index (κ3) is 4.99. The van der Waals surface area contributed by atoms with E-state index in [-0.39, 0.29) is 17.7 Å². The fourth-order valence-electron chi connectivity index (χ4n) is 3.27. The molecule has 1 saturated carbocycles. The summed E-state index contributed by atoms with van der Waals surface area (Å²) in [4.78, 5) is 23.3. The number of halogens is 3. The number of carbonyl (C=O) groups is 2. The Kier molecular flexibility index (Phi) is 5.98. The van der Waals surface area contributed by atoms with Crippen LogP contribution in [0.1, 0.15) is 50.7 Å². The number of benzene rings is 1. The van der Waals surface area contributed by atoms with Gasteiger partial charge in [0.2, 0.25) is 5.91 Å². The lowest BCUT2D eigenvalue weighted by Gasteiger charge is -2.29. The summed E-state index contributed by atoms with van der Waals surface area (Å²) in [5.41, 5.74) is -0.505. The minimum Gasteiger partial charge on any atom is -0.481 e. The molecule has 1 amide bonds. The Labute approximate surface area is 150 Å². The molecule has 0 aliphatic heterocycles. The van der Waals surface area contributed by atoms with Crippen LogP contribution in [0.25, 0.3) is 0 Å². The van der Waals surface area contributed by atoms with E-state index < -0.39 is 23.1 Å². The lowest BCUT2D eigenvalue weighted by molar-refractivity contribution is -0.144. The maximum absolute atomic E-state index is 12.7. The first kappa shape index (κ1) is 20.3. The molecule has 1 aliphatic rings. The van der Waals surface area contributed by atoms with E-state index in [4.69, 9.17) is 5.11 Å². The van der Waals surface area contributed by atoms with Crippen LogP contribution in [0.3, 0.4) is 0 Å². The number of alkyl halides is 3. The summed E-state index contributed by atoms with van der Waals surface area (Å²) in [6.07, 6.45) is -2.29. The van der Waals surface area contributed by atoms with Crippen molar-refractivity contribution in [3.8, 4) is 0 Å². The maximum atomic E-state index is 12.7. The van der Waals surface area contributed by atoms with Crippen molar-refractivity contribution >= 4 is 11.9 Å². The smallest absolute Gasteiger partial charge is 0.416 e. The molecule has 1 aliphatic carbocycles. The molecular formula is C19H24F3NO3. The highest BCUT2D eigenvalue weighted by atomic mass is 19.4. The molecule has 0 aromatic heterocycles. The second-order valence-electron chi connectivity index (χ2n) is 7.56. The highest BCUT2D eigenvalue weighted by molar-refractivity contribution is 5.79. The number of nitrogens with one attached hydrogen (secondary N) is 1. The number of carboxylic acids is 1. The Morgan fingerprint density at radius 2 is 1.46 bits per heavy atom. The van der Waals surface area contributed by atoms with Crippen LogP contribution in [0.15, 0.2) is 24.3 Å². The average Bonchev–Trinajstić information content (AvgIpc) is 2.59. The normalized spacial score (nSPS) is 21.3. The van der Waals surface area contributed by atoms with Crippen LogP contribution in [-0.2, 0) is 21.2 Å². The van der Waals surface area contributed by atoms with Gasteiger partial charge in [-0.05, 0) is 43.4 Å². The van der Waals surface area contributed by atoms with E-state index in [9.17, 15) is 22.8 Å². The second-order valence-corrected chi connectivity index (χ2v) is 7.56. The molecular weight excluding hydrogens is 347 g/mol. The van der Waals surface area contributed by atoms with Gasteiger partial charge in [0, 0.05) is 17.9 Å². The van der Waals surface area contributed by atoms with Gasteiger partial charge in [0.15, 0.2) is 0 Å². The SMILES string of the molecule is CC(C)(CNC(=O)C1CCC(C(=O)O)CC1)c1ccc(C(F)(F)F)cc1. The molecule has 0 radical (unpaired) electrons. The first-order chi connectivity index (χ1) is 12.0. The fourth-order valence-corrected chi connectivity index (χ4v) is 3.27.